The molecule has 0 aliphatic rings. The largest absolute Gasteiger partial charge is 0.454 e. The molecule has 1 aromatic carbocycles. The number of rotatable bonds is 6. The van der Waals surface area contributed by atoms with Crippen LogP contribution in [0.4, 0.5) is 25.1 Å². The number of pyridine rings is 1. The first-order valence-electron chi connectivity index (χ1n) is 9.95. The van der Waals surface area contributed by atoms with E-state index in [1.165, 1.54) is 24.4 Å². The van der Waals surface area contributed by atoms with Crippen molar-refractivity contribution in [3.05, 3.63) is 66.3 Å². The molecule has 0 unspecified atom stereocenters. The summed E-state index contributed by atoms with van der Waals surface area (Å²) in [6.07, 6.45) is 4.88. The lowest BCUT2D eigenvalue weighted by Crippen LogP contribution is -2.20. The number of anilines is 2. The number of urea groups is 1. The minimum atomic E-state index is -1.27. The molecule has 2 N–H and O–H groups in total. The van der Waals surface area contributed by atoms with E-state index in [1.807, 2.05) is 13.8 Å². The molecule has 0 fully saturated rings. The number of nitrogens with one attached hydrogen (secondary N) is 2. The molecular formula is C22H20F2N6O3. The molecule has 0 saturated heterocycles. The van der Waals surface area contributed by atoms with Gasteiger partial charge in [0.2, 0.25) is 11.7 Å². The Bertz CT molecular complexity index is 1300. The van der Waals surface area contributed by atoms with Gasteiger partial charge in [-0.25, -0.2) is 9.18 Å². The number of carbonyl (C=O) groups excluding carboxylic acids is 1. The van der Waals surface area contributed by atoms with E-state index in [2.05, 4.69) is 25.9 Å². The monoisotopic (exact) mass is 454 g/mol. The normalized spacial score (nSPS) is 11.0. The van der Waals surface area contributed by atoms with Crippen molar-refractivity contribution in [2.75, 3.05) is 10.6 Å². The van der Waals surface area contributed by atoms with E-state index in [0.29, 0.717) is 11.4 Å². The Morgan fingerprint density at radius 2 is 1.97 bits per heavy atom. The number of ether oxygens (including phenoxy) is 1. The van der Waals surface area contributed by atoms with E-state index in [-0.39, 0.29) is 29.0 Å². The lowest BCUT2D eigenvalue weighted by molar-refractivity contribution is 0.261. The fourth-order valence-corrected chi connectivity index (χ4v) is 2.91. The van der Waals surface area contributed by atoms with Crippen LogP contribution in [0.2, 0.25) is 0 Å². The van der Waals surface area contributed by atoms with Crippen molar-refractivity contribution >= 4 is 17.6 Å². The standard InChI is InChI=1S/C22H20F2N6O3/c1-12(2)16-9-19(33-29-16)28-22(31)27-15-4-5-18(21(24)20(15)23)32-14-6-7-25-17(8-14)13-10-26-30(3)11-13/h4-12H,1-3H3,(H2,27,28,31). The summed E-state index contributed by atoms with van der Waals surface area (Å²) in [7, 11) is 1.77. The number of hydrogen-bond donors (Lipinski definition) is 2. The fraction of sp³-hybridized carbons (Fsp3) is 0.182. The number of aryl methyl sites for hydroxylation is 1. The van der Waals surface area contributed by atoms with Crippen LogP contribution in [0.3, 0.4) is 0 Å². The molecule has 9 nitrogen and oxygen atoms in total. The van der Waals surface area contributed by atoms with Crippen molar-refractivity contribution < 1.29 is 22.8 Å². The number of benzene rings is 1. The molecule has 0 spiro atoms. The molecule has 33 heavy (non-hydrogen) atoms. The van der Waals surface area contributed by atoms with Gasteiger partial charge < -0.3 is 14.6 Å². The maximum atomic E-state index is 14.6. The quantitative estimate of drug-likeness (QED) is 0.409. The van der Waals surface area contributed by atoms with Gasteiger partial charge in [0, 0.05) is 37.1 Å². The predicted molar refractivity (Wildman–Crippen MR) is 116 cm³/mol. The summed E-state index contributed by atoms with van der Waals surface area (Å²) in [5.41, 5.74) is 1.58. The van der Waals surface area contributed by atoms with Crippen LogP contribution >= 0.6 is 0 Å². The number of nitrogens with zero attached hydrogens (tertiary/aromatic N) is 4. The number of amides is 2. The predicted octanol–water partition coefficient (Wildman–Crippen LogP) is 5.31. The lowest BCUT2D eigenvalue weighted by Gasteiger charge is -2.11. The van der Waals surface area contributed by atoms with Crippen molar-refractivity contribution in [1.82, 2.24) is 19.9 Å². The molecule has 0 atom stereocenters. The smallest absolute Gasteiger partial charge is 0.326 e. The first-order valence-corrected chi connectivity index (χ1v) is 9.95. The zero-order chi connectivity index (χ0) is 23.5. The molecule has 0 aliphatic heterocycles. The highest BCUT2D eigenvalue weighted by Gasteiger charge is 2.18. The van der Waals surface area contributed by atoms with E-state index in [9.17, 15) is 13.6 Å². The molecule has 0 bridgehead atoms. The lowest BCUT2D eigenvalue weighted by atomic mass is 10.1. The second-order valence-electron chi connectivity index (χ2n) is 7.47. The van der Waals surface area contributed by atoms with Gasteiger partial charge in [0.1, 0.15) is 5.75 Å². The van der Waals surface area contributed by atoms with Crippen LogP contribution in [0.15, 0.2) is 53.4 Å². The van der Waals surface area contributed by atoms with Gasteiger partial charge in [0.15, 0.2) is 11.6 Å². The van der Waals surface area contributed by atoms with Crippen LogP contribution < -0.4 is 15.4 Å². The Labute approximate surface area is 187 Å². The molecule has 3 aromatic heterocycles. The average molecular weight is 454 g/mol. The first-order chi connectivity index (χ1) is 15.8. The summed E-state index contributed by atoms with van der Waals surface area (Å²) in [6.45, 7) is 3.82. The maximum absolute atomic E-state index is 14.6. The number of hydrogen-bond acceptors (Lipinski definition) is 6. The van der Waals surface area contributed by atoms with Crippen molar-refractivity contribution in [2.24, 2.45) is 7.05 Å². The van der Waals surface area contributed by atoms with E-state index in [0.717, 1.165) is 5.56 Å². The zero-order valence-corrected chi connectivity index (χ0v) is 18.0. The van der Waals surface area contributed by atoms with E-state index >= 15 is 0 Å². The Morgan fingerprint density at radius 3 is 2.67 bits per heavy atom. The van der Waals surface area contributed by atoms with Crippen molar-refractivity contribution in [3.8, 4) is 22.8 Å². The van der Waals surface area contributed by atoms with Crippen molar-refractivity contribution in [2.45, 2.75) is 19.8 Å². The summed E-state index contributed by atoms with van der Waals surface area (Å²) in [5.74, 6) is -2.43. The second kappa shape index (κ2) is 9.07. The maximum Gasteiger partial charge on any atom is 0.326 e. The topological polar surface area (TPSA) is 107 Å². The molecule has 0 aliphatic carbocycles. The molecular weight excluding hydrogens is 434 g/mol. The molecule has 0 radical (unpaired) electrons. The Kier molecular flexibility index (Phi) is 6.03. The third-order valence-electron chi connectivity index (χ3n) is 4.61. The van der Waals surface area contributed by atoms with Gasteiger partial charge in [0.25, 0.3) is 0 Å². The highest BCUT2D eigenvalue weighted by Crippen LogP contribution is 2.31. The number of carbonyl (C=O) groups is 1. The van der Waals surface area contributed by atoms with Crippen LogP contribution in [0, 0.1) is 11.6 Å². The molecule has 4 aromatic rings. The van der Waals surface area contributed by atoms with Crippen molar-refractivity contribution in [1.29, 1.82) is 0 Å². The van der Waals surface area contributed by atoms with Crippen LogP contribution in [0.5, 0.6) is 11.5 Å². The van der Waals surface area contributed by atoms with Crippen LogP contribution in [-0.2, 0) is 7.05 Å². The minimum Gasteiger partial charge on any atom is -0.454 e. The van der Waals surface area contributed by atoms with Gasteiger partial charge in [0.05, 0.1) is 23.3 Å². The Hall–Kier alpha value is -4.28. The van der Waals surface area contributed by atoms with Gasteiger partial charge >= 0.3 is 6.03 Å². The highest BCUT2D eigenvalue weighted by molar-refractivity contribution is 5.99. The summed E-state index contributed by atoms with van der Waals surface area (Å²) in [6, 6.07) is 6.23. The number of halogens is 2. The van der Waals surface area contributed by atoms with Gasteiger partial charge in [-0.05, 0) is 24.1 Å². The summed E-state index contributed by atoms with van der Waals surface area (Å²) < 4.78 is 41.3. The summed E-state index contributed by atoms with van der Waals surface area (Å²) in [5, 5.41) is 12.5. The molecule has 0 saturated carbocycles. The average Bonchev–Trinajstić information content (AvgIpc) is 3.43. The fourth-order valence-electron chi connectivity index (χ4n) is 2.91. The molecule has 4 rings (SSSR count). The van der Waals surface area contributed by atoms with Gasteiger partial charge in [-0.2, -0.15) is 9.49 Å². The molecule has 2 amide bonds. The van der Waals surface area contributed by atoms with E-state index < -0.39 is 17.7 Å². The summed E-state index contributed by atoms with van der Waals surface area (Å²) in [4.78, 5) is 16.4. The Balaban J connectivity index is 1.46. The van der Waals surface area contributed by atoms with Crippen LogP contribution in [0.25, 0.3) is 11.3 Å². The van der Waals surface area contributed by atoms with Gasteiger partial charge in [-0.15, -0.1) is 0 Å². The SMILES string of the molecule is CC(C)c1cc(NC(=O)Nc2ccc(Oc3ccnc(-c4cnn(C)c4)c3)c(F)c2F)on1. The minimum absolute atomic E-state index is 0.0825. The zero-order valence-electron chi connectivity index (χ0n) is 18.0. The van der Waals surface area contributed by atoms with Crippen LogP contribution in [-0.4, -0.2) is 26.0 Å². The Morgan fingerprint density at radius 1 is 1.15 bits per heavy atom. The van der Waals surface area contributed by atoms with Crippen molar-refractivity contribution in [3.63, 3.8) is 0 Å². The van der Waals surface area contributed by atoms with Gasteiger partial charge in [-0.3, -0.25) is 15.0 Å². The van der Waals surface area contributed by atoms with E-state index in [4.69, 9.17) is 9.26 Å². The van der Waals surface area contributed by atoms with Crippen LogP contribution in [0.1, 0.15) is 25.5 Å². The second-order valence-corrected chi connectivity index (χ2v) is 7.47. The molecule has 3 heterocycles. The highest BCUT2D eigenvalue weighted by atomic mass is 19.2. The molecule has 11 heteroatoms. The summed E-state index contributed by atoms with van der Waals surface area (Å²) >= 11 is 0. The first kappa shape index (κ1) is 21.9. The third kappa shape index (κ3) is 4.97. The van der Waals surface area contributed by atoms with E-state index in [1.54, 1.807) is 36.3 Å². The van der Waals surface area contributed by atoms with Gasteiger partial charge in [-0.1, -0.05) is 19.0 Å². The molecule has 170 valence electrons. The third-order valence-corrected chi connectivity index (χ3v) is 4.61. The number of aromatic nitrogens is 4.